The molecule has 0 aliphatic rings. The van der Waals surface area contributed by atoms with Gasteiger partial charge in [-0.05, 0) is 36.8 Å². The molecule has 25 heavy (non-hydrogen) atoms. The van der Waals surface area contributed by atoms with Crippen LogP contribution in [0, 0.1) is 0 Å². The minimum absolute atomic E-state index is 0.0130. The first-order chi connectivity index (χ1) is 12.0. The molecule has 1 unspecified atom stereocenters. The fourth-order valence-electron chi connectivity index (χ4n) is 2.30. The van der Waals surface area contributed by atoms with Gasteiger partial charge in [-0.15, -0.1) is 0 Å². The Morgan fingerprint density at radius 3 is 2.48 bits per heavy atom. The molecule has 0 saturated carbocycles. The average Bonchev–Trinajstić information content (AvgIpc) is 2.61. The highest BCUT2D eigenvalue weighted by Crippen LogP contribution is 2.20. The number of amides is 2. The number of nitrogens with one attached hydrogen (secondary N) is 1. The maximum Gasteiger partial charge on any atom is 0.345 e. The number of anilines is 1. The van der Waals surface area contributed by atoms with Crippen LogP contribution >= 0.6 is 0 Å². The summed E-state index contributed by atoms with van der Waals surface area (Å²) in [7, 11) is 4.61. The zero-order valence-electron chi connectivity index (χ0n) is 15.0. The number of carbonyl (C=O) groups is 1. The van der Waals surface area contributed by atoms with E-state index in [1.54, 1.807) is 19.2 Å². The normalized spacial score (nSPS) is 11.5. The number of carbonyl (C=O) groups excluding carboxylic acids is 1. The number of ether oxygens (including phenoxy) is 2. The summed E-state index contributed by atoms with van der Waals surface area (Å²) in [6.45, 7) is 2.01. The zero-order valence-corrected chi connectivity index (χ0v) is 15.0. The number of hydrogen-bond donors (Lipinski definition) is 1. The number of urea groups is 1. The van der Waals surface area contributed by atoms with E-state index in [1.807, 2.05) is 43.3 Å². The van der Waals surface area contributed by atoms with Crippen molar-refractivity contribution in [2.75, 3.05) is 26.6 Å². The van der Waals surface area contributed by atoms with Gasteiger partial charge in [0.15, 0.2) is 0 Å². The highest BCUT2D eigenvalue weighted by molar-refractivity contribution is 5.88. The Hall–Kier alpha value is -2.73. The second kappa shape index (κ2) is 8.94. The van der Waals surface area contributed by atoms with E-state index >= 15 is 0 Å². The fraction of sp³-hybridized carbons (Fsp3) is 0.316. The van der Waals surface area contributed by atoms with Crippen molar-refractivity contribution in [1.82, 2.24) is 5.06 Å². The smallest absolute Gasteiger partial charge is 0.345 e. The summed E-state index contributed by atoms with van der Waals surface area (Å²) in [5.74, 6) is 1.53. The molecule has 134 valence electrons. The van der Waals surface area contributed by atoms with Gasteiger partial charge >= 0.3 is 6.03 Å². The number of methoxy groups -OCH3 is 1. The molecule has 0 aromatic heterocycles. The van der Waals surface area contributed by atoms with Crippen molar-refractivity contribution in [3.8, 4) is 11.5 Å². The minimum Gasteiger partial charge on any atom is -0.497 e. The highest BCUT2D eigenvalue weighted by Gasteiger charge is 2.10. The minimum atomic E-state index is -0.356. The van der Waals surface area contributed by atoms with Crippen molar-refractivity contribution in [3.63, 3.8) is 0 Å². The van der Waals surface area contributed by atoms with Crippen LogP contribution in [0.1, 0.15) is 12.5 Å². The van der Waals surface area contributed by atoms with Gasteiger partial charge in [0, 0.05) is 25.2 Å². The molecule has 0 aliphatic heterocycles. The summed E-state index contributed by atoms with van der Waals surface area (Å²) in [5, 5.41) is 3.85. The lowest BCUT2D eigenvalue weighted by molar-refractivity contribution is -0.0598. The lowest BCUT2D eigenvalue weighted by Gasteiger charge is -2.17. The first-order valence-electron chi connectivity index (χ1n) is 8.00. The molecule has 0 bridgehead atoms. The van der Waals surface area contributed by atoms with Crippen molar-refractivity contribution in [2.24, 2.45) is 0 Å². The lowest BCUT2D eigenvalue weighted by atomic mass is 10.1. The third kappa shape index (κ3) is 5.69. The number of nitrogens with zero attached hydrogens (tertiary/aromatic N) is 1. The molecule has 6 heteroatoms. The molecule has 0 fully saturated rings. The summed E-state index contributed by atoms with van der Waals surface area (Å²) in [6, 6.07) is 14.8. The van der Waals surface area contributed by atoms with E-state index < -0.39 is 0 Å². The summed E-state index contributed by atoms with van der Waals surface area (Å²) in [6.07, 6.45) is 0.758. The number of hydrogen-bond acceptors (Lipinski definition) is 4. The van der Waals surface area contributed by atoms with Crippen LogP contribution in [0.4, 0.5) is 10.5 Å². The molecule has 0 saturated heterocycles. The maximum absolute atomic E-state index is 11.8. The van der Waals surface area contributed by atoms with Crippen LogP contribution in [0.2, 0.25) is 0 Å². The largest absolute Gasteiger partial charge is 0.497 e. The van der Waals surface area contributed by atoms with Gasteiger partial charge in [-0.2, -0.15) is 0 Å². The van der Waals surface area contributed by atoms with Crippen LogP contribution in [0.25, 0.3) is 0 Å². The summed E-state index contributed by atoms with van der Waals surface area (Å²) in [4.78, 5) is 16.7. The number of benzene rings is 2. The Kier molecular flexibility index (Phi) is 6.65. The molecule has 6 nitrogen and oxygen atoms in total. The molecule has 2 rings (SSSR count). The van der Waals surface area contributed by atoms with E-state index in [0.29, 0.717) is 11.4 Å². The first kappa shape index (κ1) is 18.6. The quantitative estimate of drug-likeness (QED) is 0.778. The molecule has 2 aromatic carbocycles. The fourth-order valence-corrected chi connectivity index (χ4v) is 2.30. The van der Waals surface area contributed by atoms with Gasteiger partial charge in [-0.3, -0.25) is 4.84 Å². The van der Waals surface area contributed by atoms with Gasteiger partial charge < -0.3 is 14.8 Å². The van der Waals surface area contributed by atoms with E-state index in [0.717, 1.165) is 17.2 Å². The van der Waals surface area contributed by atoms with Gasteiger partial charge in [-0.1, -0.05) is 18.2 Å². The van der Waals surface area contributed by atoms with E-state index in [4.69, 9.17) is 14.3 Å². The standard InChI is InChI=1S/C19H24N2O4/c1-14(12-15-8-10-17(23-3)11-9-15)25-18-7-5-6-16(13-18)20-19(22)21(2)24-4/h5-11,13-14H,12H2,1-4H3,(H,20,22). The molecular weight excluding hydrogens is 320 g/mol. The SMILES string of the molecule is COc1ccc(CC(C)Oc2cccc(NC(=O)N(C)OC)c2)cc1. The van der Waals surface area contributed by atoms with E-state index in [9.17, 15) is 4.79 Å². The molecule has 2 amide bonds. The second-order valence-electron chi connectivity index (χ2n) is 5.62. The molecule has 0 heterocycles. The Morgan fingerprint density at radius 1 is 1.12 bits per heavy atom. The maximum atomic E-state index is 11.8. The third-order valence-corrected chi connectivity index (χ3v) is 3.66. The number of hydroxylamine groups is 2. The summed E-state index contributed by atoms with van der Waals surface area (Å²) < 4.78 is 11.1. The Labute approximate surface area is 148 Å². The molecule has 0 aliphatic carbocycles. The second-order valence-corrected chi connectivity index (χ2v) is 5.62. The van der Waals surface area contributed by atoms with Crippen LogP contribution in [0.5, 0.6) is 11.5 Å². The molecule has 1 atom stereocenters. The molecule has 0 radical (unpaired) electrons. The van der Waals surface area contributed by atoms with Gasteiger partial charge in [0.05, 0.1) is 20.3 Å². The highest BCUT2D eigenvalue weighted by atomic mass is 16.7. The predicted octanol–water partition coefficient (Wildman–Crippen LogP) is 3.73. The van der Waals surface area contributed by atoms with Crippen LogP contribution in [0.3, 0.4) is 0 Å². The topological polar surface area (TPSA) is 60.0 Å². The van der Waals surface area contributed by atoms with Crippen molar-refractivity contribution in [2.45, 2.75) is 19.4 Å². The average molecular weight is 344 g/mol. The van der Waals surface area contributed by atoms with E-state index in [-0.39, 0.29) is 12.1 Å². The van der Waals surface area contributed by atoms with Crippen molar-refractivity contribution in [3.05, 3.63) is 54.1 Å². The van der Waals surface area contributed by atoms with Crippen LogP contribution in [0.15, 0.2) is 48.5 Å². The Balaban J connectivity index is 1.94. The Bertz CT molecular complexity index is 688. The summed E-state index contributed by atoms with van der Waals surface area (Å²) >= 11 is 0. The van der Waals surface area contributed by atoms with Crippen molar-refractivity contribution >= 4 is 11.7 Å². The third-order valence-electron chi connectivity index (χ3n) is 3.66. The molecular formula is C19H24N2O4. The summed E-state index contributed by atoms with van der Waals surface area (Å²) in [5.41, 5.74) is 1.81. The van der Waals surface area contributed by atoms with Gasteiger partial charge in [-0.25, -0.2) is 9.86 Å². The van der Waals surface area contributed by atoms with Crippen molar-refractivity contribution in [1.29, 1.82) is 0 Å². The molecule has 0 spiro atoms. The van der Waals surface area contributed by atoms with Crippen LogP contribution < -0.4 is 14.8 Å². The molecule has 2 aromatic rings. The number of rotatable bonds is 7. The van der Waals surface area contributed by atoms with Crippen molar-refractivity contribution < 1.29 is 19.1 Å². The monoisotopic (exact) mass is 344 g/mol. The van der Waals surface area contributed by atoms with Gasteiger partial charge in [0.2, 0.25) is 0 Å². The van der Waals surface area contributed by atoms with E-state index in [2.05, 4.69) is 5.32 Å². The van der Waals surface area contributed by atoms with Crippen LogP contribution in [-0.2, 0) is 11.3 Å². The lowest BCUT2D eigenvalue weighted by Crippen LogP contribution is -2.30. The van der Waals surface area contributed by atoms with Crippen LogP contribution in [-0.4, -0.2) is 38.5 Å². The van der Waals surface area contributed by atoms with E-state index in [1.165, 1.54) is 19.7 Å². The van der Waals surface area contributed by atoms with Gasteiger partial charge in [0.1, 0.15) is 11.5 Å². The predicted molar refractivity (Wildman–Crippen MR) is 97.0 cm³/mol. The Morgan fingerprint density at radius 2 is 1.84 bits per heavy atom. The zero-order chi connectivity index (χ0) is 18.2. The van der Waals surface area contributed by atoms with Gasteiger partial charge in [0.25, 0.3) is 0 Å². The molecule has 1 N–H and O–H groups in total. The first-order valence-corrected chi connectivity index (χ1v) is 8.00.